The van der Waals surface area contributed by atoms with Gasteiger partial charge in [-0.05, 0) is 14.0 Å². The quantitative estimate of drug-likeness (QED) is 0.642. The summed E-state index contributed by atoms with van der Waals surface area (Å²) in [5.41, 5.74) is 0. The number of likely N-dealkylation sites (N-methyl/N-ethyl adjacent to an activating group) is 1. The monoisotopic (exact) mass is 163 g/mol. The van der Waals surface area contributed by atoms with Gasteiger partial charge in [0.1, 0.15) is 0 Å². The molecule has 0 atom stereocenters. The van der Waals surface area contributed by atoms with Crippen LogP contribution in [0.2, 0.25) is 0 Å². The van der Waals surface area contributed by atoms with E-state index in [-0.39, 0.29) is 0 Å². The number of hydrogen-bond donors (Lipinski definition) is 1. The SMILES string of the molecule is CC.CC.CCOCCNC. The molecule has 0 aromatic rings. The average Bonchev–Trinajstić information content (AvgIpc) is 2.13. The predicted octanol–water partition coefficient (Wildman–Crippen LogP) is 2.29. The Morgan fingerprint density at radius 1 is 1.09 bits per heavy atom. The lowest BCUT2D eigenvalue weighted by Gasteiger charge is -1.96. The standard InChI is InChI=1S/C5H13NO.2C2H6/c1-3-7-5-4-6-2;2*1-2/h6H,3-5H2,1-2H3;2*1-2H3. The molecule has 0 heterocycles. The molecule has 72 valence electrons. The topological polar surface area (TPSA) is 21.3 Å². The smallest absolute Gasteiger partial charge is 0.0590 e. The van der Waals surface area contributed by atoms with E-state index in [1.54, 1.807) is 0 Å². The lowest BCUT2D eigenvalue weighted by molar-refractivity contribution is 0.151. The van der Waals surface area contributed by atoms with Crippen molar-refractivity contribution in [2.24, 2.45) is 0 Å². The Balaban J connectivity index is -0.000000138. The van der Waals surface area contributed by atoms with Crippen LogP contribution in [0.5, 0.6) is 0 Å². The first-order chi connectivity index (χ1) is 5.41. The van der Waals surface area contributed by atoms with E-state index >= 15 is 0 Å². The van der Waals surface area contributed by atoms with Crippen LogP contribution in [0.15, 0.2) is 0 Å². The van der Waals surface area contributed by atoms with Crippen LogP contribution in [0.4, 0.5) is 0 Å². The molecule has 0 aliphatic rings. The van der Waals surface area contributed by atoms with Crippen molar-refractivity contribution >= 4 is 0 Å². The van der Waals surface area contributed by atoms with Crippen LogP contribution >= 0.6 is 0 Å². The Morgan fingerprint density at radius 2 is 1.55 bits per heavy atom. The molecule has 2 nitrogen and oxygen atoms in total. The Morgan fingerprint density at radius 3 is 1.82 bits per heavy atom. The summed E-state index contributed by atoms with van der Waals surface area (Å²) in [7, 11) is 1.92. The molecule has 0 unspecified atom stereocenters. The Labute approximate surface area is 72.3 Å². The zero-order valence-corrected chi connectivity index (χ0v) is 9.03. The lowest BCUT2D eigenvalue weighted by Crippen LogP contribution is -2.13. The molecule has 0 aromatic carbocycles. The summed E-state index contributed by atoms with van der Waals surface area (Å²) in [5.74, 6) is 0. The van der Waals surface area contributed by atoms with Crippen LogP contribution in [0.3, 0.4) is 0 Å². The highest BCUT2D eigenvalue weighted by Crippen LogP contribution is 1.67. The van der Waals surface area contributed by atoms with Gasteiger partial charge in [-0.15, -0.1) is 0 Å². The van der Waals surface area contributed by atoms with Gasteiger partial charge in [-0.1, -0.05) is 27.7 Å². The first-order valence-electron chi connectivity index (χ1n) is 4.64. The average molecular weight is 163 g/mol. The maximum atomic E-state index is 5.01. The summed E-state index contributed by atoms with van der Waals surface area (Å²) in [6, 6.07) is 0. The fourth-order valence-electron chi connectivity index (χ4n) is 0.319. The van der Waals surface area contributed by atoms with Gasteiger partial charge in [0.15, 0.2) is 0 Å². The highest BCUT2D eigenvalue weighted by atomic mass is 16.5. The minimum atomic E-state index is 0.821. The molecule has 0 bridgehead atoms. The van der Waals surface area contributed by atoms with Crippen molar-refractivity contribution in [2.45, 2.75) is 34.6 Å². The third-order valence-electron chi connectivity index (χ3n) is 0.701. The Bertz CT molecular complexity index is 28.7. The summed E-state index contributed by atoms with van der Waals surface area (Å²) < 4.78 is 5.01. The van der Waals surface area contributed by atoms with Gasteiger partial charge in [-0.25, -0.2) is 0 Å². The molecule has 0 rings (SSSR count). The highest BCUT2D eigenvalue weighted by Gasteiger charge is 1.76. The summed E-state index contributed by atoms with van der Waals surface area (Å²) >= 11 is 0. The largest absolute Gasteiger partial charge is 0.380 e. The van der Waals surface area contributed by atoms with Crippen LogP contribution in [0, 0.1) is 0 Å². The van der Waals surface area contributed by atoms with Gasteiger partial charge in [0, 0.05) is 13.2 Å². The van der Waals surface area contributed by atoms with Gasteiger partial charge in [-0.3, -0.25) is 0 Å². The second-order valence-electron chi connectivity index (χ2n) is 1.30. The third-order valence-corrected chi connectivity index (χ3v) is 0.701. The number of nitrogens with one attached hydrogen (secondary N) is 1. The van der Waals surface area contributed by atoms with E-state index in [1.807, 2.05) is 41.7 Å². The van der Waals surface area contributed by atoms with Crippen molar-refractivity contribution in [3.05, 3.63) is 0 Å². The number of ether oxygens (including phenoxy) is 1. The van der Waals surface area contributed by atoms with Gasteiger partial charge >= 0.3 is 0 Å². The molecule has 0 saturated heterocycles. The van der Waals surface area contributed by atoms with Crippen LogP contribution < -0.4 is 5.32 Å². The van der Waals surface area contributed by atoms with E-state index in [1.165, 1.54) is 0 Å². The zero-order valence-electron chi connectivity index (χ0n) is 9.03. The van der Waals surface area contributed by atoms with Crippen molar-refractivity contribution in [1.29, 1.82) is 0 Å². The van der Waals surface area contributed by atoms with E-state index in [2.05, 4.69) is 5.32 Å². The van der Waals surface area contributed by atoms with Crippen molar-refractivity contribution in [3.63, 3.8) is 0 Å². The third kappa shape index (κ3) is 40.5. The molecule has 2 heteroatoms. The normalized spacial score (nSPS) is 7.09. The summed E-state index contributed by atoms with van der Waals surface area (Å²) in [6.45, 7) is 12.6. The molecule has 0 amide bonds. The van der Waals surface area contributed by atoms with Crippen LogP contribution in [-0.4, -0.2) is 26.8 Å². The minimum absolute atomic E-state index is 0.821. The highest BCUT2D eigenvalue weighted by molar-refractivity contribution is 4.32. The van der Waals surface area contributed by atoms with E-state index in [4.69, 9.17) is 4.74 Å². The molecule has 0 radical (unpaired) electrons. The van der Waals surface area contributed by atoms with Crippen molar-refractivity contribution in [2.75, 3.05) is 26.8 Å². The minimum Gasteiger partial charge on any atom is -0.380 e. The van der Waals surface area contributed by atoms with E-state index in [0.717, 1.165) is 19.8 Å². The van der Waals surface area contributed by atoms with Gasteiger partial charge in [0.25, 0.3) is 0 Å². The van der Waals surface area contributed by atoms with Gasteiger partial charge < -0.3 is 10.1 Å². The molecule has 0 spiro atoms. The maximum absolute atomic E-state index is 5.01. The fourth-order valence-corrected chi connectivity index (χ4v) is 0.319. The summed E-state index contributed by atoms with van der Waals surface area (Å²) in [4.78, 5) is 0. The molecule has 0 saturated carbocycles. The van der Waals surface area contributed by atoms with Crippen LogP contribution in [0.1, 0.15) is 34.6 Å². The van der Waals surface area contributed by atoms with Gasteiger partial charge in [0.2, 0.25) is 0 Å². The van der Waals surface area contributed by atoms with Crippen LogP contribution in [0.25, 0.3) is 0 Å². The predicted molar refractivity (Wildman–Crippen MR) is 53.1 cm³/mol. The lowest BCUT2D eigenvalue weighted by atomic mass is 10.7. The second-order valence-corrected chi connectivity index (χ2v) is 1.30. The van der Waals surface area contributed by atoms with E-state index in [0.29, 0.717) is 0 Å². The van der Waals surface area contributed by atoms with Gasteiger partial charge in [-0.2, -0.15) is 0 Å². The number of rotatable bonds is 4. The Kier molecular flexibility index (Phi) is 50.8. The zero-order chi connectivity index (χ0) is 9.54. The fraction of sp³-hybridized carbons (Fsp3) is 1.00. The van der Waals surface area contributed by atoms with Crippen LogP contribution in [-0.2, 0) is 4.74 Å². The van der Waals surface area contributed by atoms with E-state index in [9.17, 15) is 0 Å². The molecule has 0 aromatic heterocycles. The molecular formula is C9H25NO. The van der Waals surface area contributed by atoms with Crippen molar-refractivity contribution in [3.8, 4) is 0 Å². The first-order valence-corrected chi connectivity index (χ1v) is 4.64. The Hall–Kier alpha value is -0.0800. The molecule has 0 fully saturated rings. The molecule has 1 N–H and O–H groups in total. The first kappa shape index (κ1) is 17.1. The van der Waals surface area contributed by atoms with Crippen molar-refractivity contribution in [1.82, 2.24) is 5.32 Å². The second kappa shape index (κ2) is 32.6. The molecule has 0 aliphatic heterocycles. The molecular weight excluding hydrogens is 138 g/mol. The summed E-state index contributed by atoms with van der Waals surface area (Å²) in [6.07, 6.45) is 0. The van der Waals surface area contributed by atoms with Gasteiger partial charge in [0.05, 0.1) is 6.61 Å². The summed E-state index contributed by atoms with van der Waals surface area (Å²) in [5, 5.41) is 2.98. The van der Waals surface area contributed by atoms with Crippen molar-refractivity contribution < 1.29 is 4.74 Å². The molecule has 11 heavy (non-hydrogen) atoms. The maximum Gasteiger partial charge on any atom is 0.0590 e. The molecule has 0 aliphatic carbocycles. The number of hydrogen-bond acceptors (Lipinski definition) is 2. The van der Waals surface area contributed by atoms with E-state index < -0.39 is 0 Å².